The Hall–Kier alpha value is -1.49. The molecule has 1 amide bonds. The Kier molecular flexibility index (Phi) is 3.70. The molecule has 108 valence electrons. The summed E-state index contributed by atoms with van der Waals surface area (Å²) in [6.07, 6.45) is 7.13. The lowest BCUT2D eigenvalue weighted by Gasteiger charge is -2.26. The summed E-state index contributed by atoms with van der Waals surface area (Å²) in [5, 5.41) is 6.51. The zero-order valence-corrected chi connectivity index (χ0v) is 12.0. The molecule has 5 heteroatoms. The van der Waals surface area contributed by atoms with Gasteiger partial charge in [0.15, 0.2) is 0 Å². The van der Waals surface area contributed by atoms with E-state index in [1.165, 1.54) is 0 Å². The minimum atomic E-state index is 0.0754. The summed E-state index contributed by atoms with van der Waals surface area (Å²) >= 11 is 0. The summed E-state index contributed by atoms with van der Waals surface area (Å²) in [5.41, 5.74) is 2.45. The molecule has 0 spiro atoms. The molecule has 2 N–H and O–H groups in total. The molecular weight excluding hydrogens is 252 g/mol. The number of nitrogens with zero attached hydrogens (tertiary/aromatic N) is 2. The smallest absolute Gasteiger partial charge is 0.223 e. The second-order valence-electron chi connectivity index (χ2n) is 6.39. The highest BCUT2D eigenvalue weighted by Crippen LogP contribution is 2.25. The number of amides is 1. The Morgan fingerprint density at radius 3 is 3.30 bits per heavy atom. The molecule has 0 saturated carbocycles. The van der Waals surface area contributed by atoms with Gasteiger partial charge >= 0.3 is 0 Å². The number of carbonyl (C=O) groups is 1. The number of aromatic nitrogens is 2. The maximum absolute atomic E-state index is 12.3. The van der Waals surface area contributed by atoms with Crippen LogP contribution in [0.5, 0.6) is 0 Å². The second kappa shape index (κ2) is 5.48. The van der Waals surface area contributed by atoms with Crippen molar-refractivity contribution in [3.8, 4) is 0 Å². The Labute approximate surface area is 119 Å². The van der Waals surface area contributed by atoms with Crippen molar-refractivity contribution in [2.75, 3.05) is 19.6 Å². The number of carbonyl (C=O) groups excluding carboxylic acids is 1. The first kappa shape index (κ1) is 13.5. The highest BCUT2D eigenvalue weighted by atomic mass is 16.1. The van der Waals surface area contributed by atoms with Crippen LogP contribution in [0.25, 0.3) is 0 Å². The van der Waals surface area contributed by atoms with Gasteiger partial charge in [-0.1, -0.05) is 6.92 Å². The van der Waals surface area contributed by atoms with Crippen LogP contribution in [0.1, 0.15) is 31.0 Å². The van der Waals surface area contributed by atoms with Crippen LogP contribution in [0.3, 0.4) is 0 Å². The van der Waals surface area contributed by atoms with Crippen LogP contribution in [0.4, 0.5) is 0 Å². The summed E-state index contributed by atoms with van der Waals surface area (Å²) in [6.45, 7) is 5.06. The molecule has 1 fully saturated rings. The van der Waals surface area contributed by atoms with E-state index in [9.17, 15) is 4.79 Å². The van der Waals surface area contributed by atoms with E-state index < -0.39 is 0 Å². The lowest BCUT2D eigenvalue weighted by Crippen LogP contribution is -2.41. The van der Waals surface area contributed by atoms with Gasteiger partial charge in [-0.2, -0.15) is 0 Å². The molecule has 2 aliphatic rings. The van der Waals surface area contributed by atoms with E-state index in [0.29, 0.717) is 0 Å². The quantitative estimate of drug-likeness (QED) is 0.851. The summed E-state index contributed by atoms with van der Waals surface area (Å²) in [6, 6.07) is 0. The van der Waals surface area contributed by atoms with Gasteiger partial charge < -0.3 is 10.6 Å². The zero-order valence-electron chi connectivity index (χ0n) is 12.0. The highest BCUT2D eigenvalue weighted by molar-refractivity contribution is 5.79. The molecule has 5 nitrogen and oxygen atoms in total. The lowest BCUT2D eigenvalue weighted by molar-refractivity contribution is -0.125. The predicted molar refractivity (Wildman–Crippen MR) is 76.2 cm³/mol. The topological polar surface area (TPSA) is 66.9 Å². The molecule has 2 unspecified atom stereocenters. The van der Waals surface area contributed by atoms with Crippen LogP contribution < -0.4 is 10.6 Å². The van der Waals surface area contributed by atoms with E-state index >= 15 is 0 Å². The summed E-state index contributed by atoms with van der Waals surface area (Å²) in [4.78, 5) is 20.7. The average Bonchev–Trinajstić information content (AvgIpc) is 2.91. The van der Waals surface area contributed by atoms with Crippen LogP contribution in [0, 0.1) is 11.3 Å². The van der Waals surface area contributed by atoms with Crippen molar-refractivity contribution < 1.29 is 4.79 Å². The number of fused-ring (bicyclic) bond motifs is 1. The molecule has 3 rings (SSSR count). The fourth-order valence-corrected chi connectivity index (χ4v) is 3.15. The van der Waals surface area contributed by atoms with Crippen molar-refractivity contribution in [2.45, 2.75) is 32.6 Å². The van der Waals surface area contributed by atoms with E-state index in [-0.39, 0.29) is 17.2 Å². The molecule has 1 aromatic heterocycles. The minimum Gasteiger partial charge on any atom is -0.355 e. The molecule has 2 atom stereocenters. The monoisotopic (exact) mass is 274 g/mol. The molecule has 0 radical (unpaired) electrons. The van der Waals surface area contributed by atoms with E-state index in [1.54, 1.807) is 6.33 Å². The Balaban J connectivity index is 1.56. The summed E-state index contributed by atoms with van der Waals surface area (Å²) in [5.74, 6) is 0.263. The van der Waals surface area contributed by atoms with Gasteiger partial charge in [0.2, 0.25) is 5.91 Å². The van der Waals surface area contributed by atoms with Gasteiger partial charge in [0.1, 0.15) is 6.33 Å². The van der Waals surface area contributed by atoms with Gasteiger partial charge in [-0.25, -0.2) is 9.97 Å². The number of rotatable bonds is 3. The van der Waals surface area contributed by atoms with Crippen LogP contribution in [-0.4, -0.2) is 35.5 Å². The van der Waals surface area contributed by atoms with Gasteiger partial charge in [-0.15, -0.1) is 0 Å². The maximum atomic E-state index is 12.3. The molecule has 2 heterocycles. The maximum Gasteiger partial charge on any atom is 0.223 e. The SMILES string of the molecule is CC1(CNC(=O)C2CCc3ncncc3C2)CCNC1. The molecule has 1 aliphatic carbocycles. The van der Waals surface area contributed by atoms with E-state index in [4.69, 9.17) is 0 Å². The Morgan fingerprint density at radius 2 is 2.50 bits per heavy atom. The third-order valence-corrected chi connectivity index (χ3v) is 4.59. The van der Waals surface area contributed by atoms with E-state index in [2.05, 4.69) is 27.5 Å². The second-order valence-corrected chi connectivity index (χ2v) is 6.39. The molecule has 0 aromatic carbocycles. The summed E-state index contributed by atoms with van der Waals surface area (Å²) < 4.78 is 0. The number of aryl methyl sites for hydroxylation is 1. The molecule has 1 aromatic rings. The largest absolute Gasteiger partial charge is 0.355 e. The minimum absolute atomic E-state index is 0.0754. The third kappa shape index (κ3) is 2.82. The number of nitrogens with one attached hydrogen (secondary N) is 2. The van der Waals surface area contributed by atoms with Gasteiger partial charge in [0, 0.05) is 30.9 Å². The standard InChI is InChI=1S/C15H22N4O/c1-15(4-5-16-8-15)9-18-14(20)11-2-3-13-12(6-11)7-17-10-19-13/h7,10-11,16H,2-6,8-9H2,1H3,(H,18,20). The Morgan fingerprint density at radius 1 is 1.60 bits per heavy atom. The van der Waals surface area contributed by atoms with Crippen molar-refractivity contribution >= 4 is 5.91 Å². The van der Waals surface area contributed by atoms with Gasteiger partial charge in [-0.3, -0.25) is 4.79 Å². The first-order valence-electron chi connectivity index (χ1n) is 7.42. The molecule has 0 bridgehead atoms. The van der Waals surface area contributed by atoms with Gasteiger partial charge in [0.05, 0.1) is 0 Å². The van der Waals surface area contributed by atoms with Crippen molar-refractivity contribution in [3.05, 3.63) is 23.8 Å². The van der Waals surface area contributed by atoms with Gasteiger partial charge in [-0.05, 0) is 43.2 Å². The zero-order chi connectivity index (χ0) is 14.0. The fourth-order valence-electron chi connectivity index (χ4n) is 3.15. The first-order valence-corrected chi connectivity index (χ1v) is 7.42. The lowest BCUT2D eigenvalue weighted by atomic mass is 9.85. The highest BCUT2D eigenvalue weighted by Gasteiger charge is 2.31. The van der Waals surface area contributed by atoms with Crippen LogP contribution in [0.2, 0.25) is 0 Å². The normalized spacial score (nSPS) is 28.9. The van der Waals surface area contributed by atoms with Crippen LogP contribution in [-0.2, 0) is 17.6 Å². The number of hydrogen-bond acceptors (Lipinski definition) is 4. The molecule has 20 heavy (non-hydrogen) atoms. The van der Waals surface area contributed by atoms with Crippen molar-refractivity contribution in [1.82, 2.24) is 20.6 Å². The summed E-state index contributed by atoms with van der Waals surface area (Å²) in [7, 11) is 0. The third-order valence-electron chi connectivity index (χ3n) is 4.59. The first-order chi connectivity index (χ1) is 9.66. The molecule has 1 saturated heterocycles. The number of hydrogen-bond donors (Lipinski definition) is 2. The van der Waals surface area contributed by atoms with E-state index in [0.717, 1.165) is 56.6 Å². The van der Waals surface area contributed by atoms with E-state index in [1.807, 2.05) is 6.20 Å². The van der Waals surface area contributed by atoms with Crippen LogP contribution >= 0.6 is 0 Å². The predicted octanol–water partition coefficient (Wildman–Crippen LogP) is 0.697. The molecular formula is C15H22N4O. The van der Waals surface area contributed by atoms with Gasteiger partial charge in [0.25, 0.3) is 0 Å². The average molecular weight is 274 g/mol. The van der Waals surface area contributed by atoms with Crippen molar-refractivity contribution in [2.24, 2.45) is 11.3 Å². The van der Waals surface area contributed by atoms with Crippen molar-refractivity contribution in [3.63, 3.8) is 0 Å². The Bertz CT molecular complexity index is 496. The van der Waals surface area contributed by atoms with Crippen molar-refractivity contribution in [1.29, 1.82) is 0 Å². The molecule has 1 aliphatic heterocycles. The van der Waals surface area contributed by atoms with Crippen LogP contribution in [0.15, 0.2) is 12.5 Å². The fraction of sp³-hybridized carbons (Fsp3) is 0.667.